The lowest BCUT2D eigenvalue weighted by Gasteiger charge is -2.49. The number of nitrogens with zero attached hydrogens (tertiary/aromatic N) is 4. The lowest BCUT2D eigenvalue weighted by molar-refractivity contribution is -0.138. The van der Waals surface area contributed by atoms with Crippen molar-refractivity contribution in [2.75, 3.05) is 5.45 Å². The van der Waals surface area contributed by atoms with Gasteiger partial charge in [-0.1, -0.05) is 52.3 Å². The van der Waals surface area contributed by atoms with E-state index >= 15 is 0 Å². The van der Waals surface area contributed by atoms with Gasteiger partial charge in [0.25, 0.3) is 11.8 Å². The molecule has 0 bridgehead atoms. The van der Waals surface area contributed by atoms with Crippen molar-refractivity contribution in [1.82, 2.24) is 18.8 Å². The molecule has 0 unspecified atom stereocenters. The number of alkyl halides is 3. The van der Waals surface area contributed by atoms with Gasteiger partial charge in [0, 0.05) is 12.3 Å². The zero-order valence-electron chi connectivity index (χ0n) is 20.9. The van der Waals surface area contributed by atoms with Gasteiger partial charge in [-0.25, -0.2) is 23.5 Å². The average Bonchev–Trinajstić information content (AvgIpc) is 3.25. The summed E-state index contributed by atoms with van der Waals surface area (Å²) in [5.41, 5.74) is 1.48. The highest BCUT2D eigenvalue weighted by atomic mass is 79.9. The highest BCUT2D eigenvalue weighted by molar-refractivity contribution is 9.09. The molecule has 1 aliphatic carbocycles. The summed E-state index contributed by atoms with van der Waals surface area (Å²) in [5, 5.41) is 10.5. The number of imide groups is 1. The highest BCUT2D eigenvalue weighted by Crippen LogP contribution is 2.63. The molecule has 2 aliphatic heterocycles. The summed E-state index contributed by atoms with van der Waals surface area (Å²) in [4.78, 5) is 51.9. The Labute approximate surface area is 241 Å². The lowest BCUT2D eigenvalue weighted by atomic mass is 9.64. The van der Waals surface area contributed by atoms with Crippen LogP contribution in [-0.2, 0) is 16.1 Å². The summed E-state index contributed by atoms with van der Waals surface area (Å²) >= 11 is 17.6. The van der Waals surface area contributed by atoms with E-state index in [1.54, 1.807) is 62.4 Å². The normalized spacial score (nSPS) is 27.7. The van der Waals surface area contributed by atoms with E-state index in [4.69, 9.17) is 23.2 Å². The summed E-state index contributed by atoms with van der Waals surface area (Å²) in [6, 6.07) is 11.2. The highest BCUT2D eigenvalue weighted by Gasteiger charge is 2.75. The molecule has 39 heavy (non-hydrogen) atoms. The summed E-state index contributed by atoms with van der Waals surface area (Å²) in [7, 11) is 0. The van der Waals surface area contributed by atoms with E-state index in [1.165, 1.54) is 9.36 Å². The number of hydrogen-bond donors (Lipinski definition) is 1. The molecule has 202 valence electrons. The molecule has 2 fully saturated rings. The molecule has 4 atom stereocenters. The third-order valence-corrected chi connectivity index (χ3v) is 10.1. The van der Waals surface area contributed by atoms with Gasteiger partial charge in [0.15, 0.2) is 9.75 Å². The molecule has 0 spiro atoms. The van der Waals surface area contributed by atoms with Crippen LogP contribution in [-0.4, -0.2) is 51.0 Å². The van der Waals surface area contributed by atoms with Gasteiger partial charge in [0.2, 0.25) is 0 Å². The SMILES string of the molecule is Cc1cc([C@H]2C3=CCn4c(=O)n(-c5ccccc5)c(=O)n4[C@@H]3C[C@@]3(Cl)C(=O)N(CBr)C(=O)[C@@]23Cl)cc(C)c1O. The van der Waals surface area contributed by atoms with E-state index in [2.05, 4.69) is 15.9 Å². The maximum absolute atomic E-state index is 13.8. The van der Waals surface area contributed by atoms with Crippen LogP contribution in [0.4, 0.5) is 0 Å². The Kier molecular flexibility index (Phi) is 5.84. The molecule has 3 aliphatic rings. The molecule has 3 heterocycles. The lowest BCUT2D eigenvalue weighted by Crippen LogP contribution is -2.59. The van der Waals surface area contributed by atoms with Crippen molar-refractivity contribution in [3.8, 4) is 11.4 Å². The maximum Gasteiger partial charge on any atom is 0.352 e. The van der Waals surface area contributed by atoms with Gasteiger partial charge in [0.05, 0.1) is 23.7 Å². The van der Waals surface area contributed by atoms with Crippen LogP contribution in [0.3, 0.4) is 0 Å². The van der Waals surface area contributed by atoms with Crippen molar-refractivity contribution < 1.29 is 14.7 Å². The summed E-state index contributed by atoms with van der Waals surface area (Å²) < 4.78 is 3.72. The first-order valence-electron chi connectivity index (χ1n) is 12.3. The molecule has 12 heteroatoms. The van der Waals surface area contributed by atoms with Crippen molar-refractivity contribution in [3.05, 3.63) is 91.8 Å². The van der Waals surface area contributed by atoms with Crippen LogP contribution in [0.25, 0.3) is 5.69 Å². The van der Waals surface area contributed by atoms with Crippen LogP contribution < -0.4 is 11.4 Å². The molecule has 6 rings (SSSR count). The summed E-state index contributed by atoms with van der Waals surface area (Å²) in [5.74, 6) is -2.14. The molecular formula is C27H23BrCl2N4O5. The van der Waals surface area contributed by atoms with Gasteiger partial charge in [-0.3, -0.25) is 14.5 Å². The van der Waals surface area contributed by atoms with Crippen LogP contribution in [0.1, 0.15) is 35.1 Å². The van der Waals surface area contributed by atoms with Gasteiger partial charge in [-0.15, -0.1) is 23.2 Å². The predicted molar refractivity (Wildman–Crippen MR) is 149 cm³/mol. The number of aryl methyl sites for hydroxylation is 2. The molecule has 1 saturated carbocycles. The number of para-hydroxylation sites is 1. The van der Waals surface area contributed by atoms with Crippen molar-refractivity contribution in [2.45, 2.75) is 48.5 Å². The van der Waals surface area contributed by atoms with Gasteiger partial charge in [-0.05, 0) is 48.2 Å². The number of carbonyl (C=O) groups is 2. The van der Waals surface area contributed by atoms with E-state index in [0.717, 1.165) is 9.47 Å². The Bertz CT molecular complexity index is 1700. The molecule has 0 radical (unpaired) electrons. The van der Waals surface area contributed by atoms with Crippen LogP contribution in [0, 0.1) is 13.8 Å². The average molecular weight is 634 g/mol. The smallest absolute Gasteiger partial charge is 0.352 e. The van der Waals surface area contributed by atoms with Crippen LogP contribution in [0.5, 0.6) is 5.75 Å². The Morgan fingerprint density at radius 1 is 1.00 bits per heavy atom. The number of phenolic OH excluding ortho intramolecular Hbond substituents is 1. The second kappa shape index (κ2) is 8.71. The van der Waals surface area contributed by atoms with Crippen LogP contribution in [0.2, 0.25) is 0 Å². The quantitative estimate of drug-likeness (QED) is 0.206. The van der Waals surface area contributed by atoms with E-state index in [9.17, 15) is 24.3 Å². The second-order valence-electron chi connectivity index (χ2n) is 10.2. The molecule has 2 amide bonds. The minimum Gasteiger partial charge on any atom is -0.507 e. The number of carbonyl (C=O) groups excluding carboxylic acids is 2. The zero-order chi connectivity index (χ0) is 28.0. The van der Waals surface area contributed by atoms with Gasteiger partial charge in [-0.2, -0.15) is 0 Å². The predicted octanol–water partition coefficient (Wildman–Crippen LogP) is 3.47. The largest absolute Gasteiger partial charge is 0.507 e. The number of amides is 2. The maximum atomic E-state index is 13.8. The van der Waals surface area contributed by atoms with Crippen molar-refractivity contribution in [2.24, 2.45) is 0 Å². The Morgan fingerprint density at radius 3 is 2.26 bits per heavy atom. The summed E-state index contributed by atoms with van der Waals surface area (Å²) in [6.07, 6.45) is 1.61. The fourth-order valence-electron chi connectivity index (χ4n) is 6.34. The van der Waals surface area contributed by atoms with Gasteiger partial charge >= 0.3 is 11.4 Å². The molecule has 2 aromatic carbocycles. The van der Waals surface area contributed by atoms with Crippen molar-refractivity contribution in [1.29, 1.82) is 0 Å². The number of halogens is 3. The molecule has 3 aromatic rings. The molecule has 9 nitrogen and oxygen atoms in total. The second-order valence-corrected chi connectivity index (χ2v) is 11.9. The van der Waals surface area contributed by atoms with E-state index in [-0.39, 0.29) is 24.2 Å². The number of allylic oxidation sites excluding steroid dienone is 2. The van der Waals surface area contributed by atoms with E-state index < -0.39 is 44.9 Å². The van der Waals surface area contributed by atoms with Crippen LogP contribution >= 0.6 is 39.1 Å². The number of hydrogen-bond acceptors (Lipinski definition) is 5. The van der Waals surface area contributed by atoms with E-state index in [0.29, 0.717) is 28.0 Å². The fraction of sp³-hybridized carbons (Fsp3) is 0.333. The van der Waals surface area contributed by atoms with Gasteiger partial charge in [0.1, 0.15) is 5.75 Å². The first-order chi connectivity index (χ1) is 18.5. The Balaban J connectivity index is 1.63. The first kappa shape index (κ1) is 26.2. The minimum atomic E-state index is -1.92. The van der Waals surface area contributed by atoms with Crippen LogP contribution in [0.15, 0.2) is 63.7 Å². The first-order valence-corrected chi connectivity index (χ1v) is 14.1. The zero-order valence-corrected chi connectivity index (χ0v) is 24.0. The number of aromatic hydroxyl groups is 1. The number of aromatic nitrogens is 3. The molecule has 1 aromatic heterocycles. The fourth-order valence-corrected chi connectivity index (χ4v) is 7.75. The Morgan fingerprint density at radius 2 is 1.64 bits per heavy atom. The van der Waals surface area contributed by atoms with Crippen molar-refractivity contribution >= 4 is 50.9 Å². The van der Waals surface area contributed by atoms with Gasteiger partial charge < -0.3 is 5.11 Å². The summed E-state index contributed by atoms with van der Waals surface area (Å²) in [6.45, 7) is 3.51. The van der Waals surface area contributed by atoms with Crippen molar-refractivity contribution in [3.63, 3.8) is 0 Å². The topological polar surface area (TPSA) is 107 Å². The number of benzene rings is 2. The third kappa shape index (κ3) is 3.25. The molecular weight excluding hydrogens is 611 g/mol. The monoisotopic (exact) mass is 632 g/mol. The minimum absolute atomic E-state index is 0.0544. The number of rotatable bonds is 3. The molecule has 1 saturated heterocycles. The van der Waals surface area contributed by atoms with E-state index in [1.807, 2.05) is 0 Å². The Hall–Kier alpha value is -3.08. The third-order valence-electron chi connectivity index (χ3n) is 8.14. The number of fused-ring (bicyclic) bond motifs is 4. The number of phenols is 1. The standard InChI is InChI=1S/C27H23BrCl2N4O5/c1-14-10-16(11-15(2)21(14)35)20-18-8-9-32-24(38)33(17-6-4-3-5-7-17)25(39)34(32)19(18)12-26(29)22(36)31(13-28)23(37)27(20,26)30/h3-8,10-11,19-20,35H,9,12-13H2,1-2H3/t19-,20+,26-,27+/m1/s1. The molecule has 1 N–H and O–H groups in total. The number of likely N-dealkylation sites (tertiary alicyclic amines) is 1.